The number of hydrogen-bond donors (Lipinski definition) is 1. The molecule has 1 aliphatic heterocycles. The van der Waals surface area contributed by atoms with E-state index in [1.807, 2.05) is 0 Å². The first-order valence-electron chi connectivity index (χ1n) is 7.32. The molecule has 2 fully saturated rings. The average molecular weight is 262 g/mol. The SMILES string of the molecule is NC(=NCc1cnc(C2CC2)o1)N1CCCCCC1. The Morgan fingerprint density at radius 3 is 2.74 bits per heavy atom. The first-order chi connectivity index (χ1) is 9.33. The van der Waals surface area contributed by atoms with Crippen molar-refractivity contribution in [3.8, 4) is 0 Å². The summed E-state index contributed by atoms with van der Waals surface area (Å²) < 4.78 is 5.68. The van der Waals surface area contributed by atoms with Gasteiger partial charge in [-0.15, -0.1) is 0 Å². The number of hydrogen-bond acceptors (Lipinski definition) is 3. The molecule has 0 unspecified atom stereocenters. The molecule has 5 nitrogen and oxygen atoms in total. The standard InChI is InChI=1S/C14H22N4O/c15-14(18-7-3-1-2-4-8-18)17-10-12-9-16-13(19-12)11-5-6-11/h9,11H,1-8,10H2,(H2,15,17). The first-order valence-corrected chi connectivity index (χ1v) is 7.32. The molecule has 1 saturated carbocycles. The topological polar surface area (TPSA) is 67.6 Å². The van der Waals surface area contributed by atoms with Crippen LogP contribution in [0.4, 0.5) is 0 Å². The molecular weight excluding hydrogens is 240 g/mol. The van der Waals surface area contributed by atoms with Gasteiger partial charge in [0.15, 0.2) is 11.9 Å². The van der Waals surface area contributed by atoms with Crippen LogP contribution in [0.15, 0.2) is 15.6 Å². The Balaban J connectivity index is 1.57. The van der Waals surface area contributed by atoms with Gasteiger partial charge in [0.25, 0.3) is 0 Å². The van der Waals surface area contributed by atoms with Crippen molar-refractivity contribution in [1.29, 1.82) is 0 Å². The zero-order valence-corrected chi connectivity index (χ0v) is 11.3. The van der Waals surface area contributed by atoms with E-state index in [1.165, 1.54) is 38.5 Å². The molecule has 0 spiro atoms. The molecule has 1 aromatic rings. The lowest BCUT2D eigenvalue weighted by atomic mass is 10.2. The summed E-state index contributed by atoms with van der Waals surface area (Å²) in [4.78, 5) is 10.9. The molecule has 0 atom stereocenters. The Morgan fingerprint density at radius 1 is 1.32 bits per heavy atom. The van der Waals surface area contributed by atoms with Crippen molar-refractivity contribution >= 4 is 5.96 Å². The van der Waals surface area contributed by atoms with Gasteiger partial charge in [-0.2, -0.15) is 0 Å². The number of nitrogens with two attached hydrogens (primary N) is 1. The summed E-state index contributed by atoms with van der Waals surface area (Å²) in [6.07, 6.45) is 9.23. The molecule has 1 saturated heterocycles. The Labute approximate surface area is 113 Å². The molecule has 104 valence electrons. The van der Waals surface area contributed by atoms with E-state index < -0.39 is 0 Å². The van der Waals surface area contributed by atoms with Crippen LogP contribution < -0.4 is 5.73 Å². The number of likely N-dealkylation sites (tertiary alicyclic amines) is 1. The smallest absolute Gasteiger partial charge is 0.197 e. The predicted octanol–water partition coefficient (Wildman–Crippen LogP) is 2.24. The second-order valence-corrected chi connectivity index (χ2v) is 5.51. The number of aromatic nitrogens is 1. The molecule has 5 heteroatoms. The van der Waals surface area contributed by atoms with E-state index in [0.717, 1.165) is 24.7 Å². The third-order valence-corrected chi connectivity index (χ3v) is 3.82. The van der Waals surface area contributed by atoms with Crippen molar-refractivity contribution in [2.45, 2.75) is 51.0 Å². The lowest BCUT2D eigenvalue weighted by Crippen LogP contribution is -2.38. The molecular formula is C14H22N4O. The minimum Gasteiger partial charge on any atom is -0.443 e. The molecule has 1 aliphatic carbocycles. The molecule has 2 heterocycles. The minimum atomic E-state index is 0.502. The van der Waals surface area contributed by atoms with Crippen LogP contribution in [0.2, 0.25) is 0 Å². The molecule has 0 radical (unpaired) electrons. The molecule has 1 aromatic heterocycles. The van der Waals surface area contributed by atoms with Crippen LogP contribution in [-0.4, -0.2) is 28.9 Å². The lowest BCUT2D eigenvalue weighted by molar-refractivity contribution is 0.424. The summed E-state index contributed by atoms with van der Waals surface area (Å²) in [7, 11) is 0. The fourth-order valence-electron chi connectivity index (χ4n) is 2.47. The molecule has 0 bridgehead atoms. The highest BCUT2D eigenvalue weighted by Crippen LogP contribution is 2.39. The zero-order valence-electron chi connectivity index (χ0n) is 11.3. The number of guanidine groups is 1. The van der Waals surface area contributed by atoms with E-state index in [4.69, 9.17) is 10.2 Å². The number of oxazole rings is 1. The molecule has 2 N–H and O–H groups in total. The molecule has 0 aromatic carbocycles. The highest BCUT2D eigenvalue weighted by molar-refractivity contribution is 5.78. The van der Waals surface area contributed by atoms with Crippen LogP contribution in [0.3, 0.4) is 0 Å². The highest BCUT2D eigenvalue weighted by Gasteiger charge is 2.28. The number of nitrogens with zero attached hydrogens (tertiary/aromatic N) is 3. The van der Waals surface area contributed by atoms with Crippen molar-refractivity contribution in [2.24, 2.45) is 10.7 Å². The number of rotatable bonds is 3. The molecule has 3 rings (SSSR count). The summed E-state index contributed by atoms with van der Waals surface area (Å²) in [5, 5.41) is 0. The van der Waals surface area contributed by atoms with Crippen LogP contribution in [0.25, 0.3) is 0 Å². The van der Waals surface area contributed by atoms with Gasteiger partial charge in [-0.05, 0) is 25.7 Å². The van der Waals surface area contributed by atoms with Crippen LogP contribution >= 0.6 is 0 Å². The Kier molecular flexibility index (Phi) is 3.71. The summed E-state index contributed by atoms with van der Waals surface area (Å²) in [5.74, 6) is 2.89. The van der Waals surface area contributed by atoms with Crippen molar-refractivity contribution < 1.29 is 4.42 Å². The number of aliphatic imine (C=N–C) groups is 1. The van der Waals surface area contributed by atoms with Gasteiger partial charge < -0.3 is 15.1 Å². The van der Waals surface area contributed by atoms with E-state index in [1.54, 1.807) is 6.20 Å². The summed E-state index contributed by atoms with van der Waals surface area (Å²) in [6, 6.07) is 0. The molecule has 2 aliphatic rings. The normalized spacial score (nSPS) is 21.5. The maximum Gasteiger partial charge on any atom is 0.197 e. The first kappa shape index (κ1) is 12.5. The van der Waals surface area contributed by atoms with Gasteiger partial charge in [-0.3, -0.25) is 0 Å². The maximum absolute atomic E-state index is 6.06. The second kappa shape index (κ2) is 5.63. The van der Waals surface area contributed by atoms with Gasteiger partial charge in [0.05, 0.1) is 6.20 Å². The fraction of sp³-hybridized carbons (Fsp3) is 0.714. The predicted molar refractivity (Wildman–Crippen MR) is 73.8 cm³/mol. The van der Waals surface area contributed by atoms with Gasteiger partial charge in [-0.25, -0.2) is 9.98 Å². The van der Waals surface area contributed by atoms with Gasteiger partial charge in [0, 0.05) is 19.0 Å². The van der Waals surface area contributed by atoms with E-state index in [0.29, 0.717) is 18.4 Å². The highest BCUT2D eigenvalue weighted by atomic mass is 16.4. The molecule has 19 heavy (non-hydrogen) atoms. The van der Waals surface area contributed by atoms with Crippen LogP contribution in [-0.2, 0) is 6.54 Å². The summed E-state index contributed by atoms with van der Waals surface area (Å²) in [6.45, 7) is 2.56. The van der Waals surface area contributed by atoms with E-state index >= 15 is 0 Å². The Morgan fingerprint density at radius 2 is 2.05 bits per heavy atom. The summed E-state index contributed by atoms with van der Waals surface area (Å²) in [5.41, 5.74) is 6.06. The maximum atomic E-state index is 6.06. The average Bonchev–Trinajstić information content (AvgIpc) is 3.21. The monoisotopic (exact) mass is 262 g/mol. The van der Waals surface area contributed by atoms with E-state index in [2.05, 4.69) is 14.9 Å². The third-order valence-electron chi connectivity index (χ3n) is 3.82. The van der Waals surface area contributed by atoms with Gasteiger partial charge in [-0.1, -0.05) is 12.8 Å². The zero-order chi connectivity index (χ0) is 13.1. The van der Waals surface area contributed by atoms with E-state index in [9.17, 15) is 0 Å². The van der Waals surface area contributed by atoms with Gasteiger partial charge in [0.2, 0.25) is 0 Å². The second-order valence-electron chi connectivity index (χ2n) is 5.51. The largest absolute Gasteiger partial charge is 0.443 e. The Bertz CT molecular complexity index is 442. The van der Waals surface area contributed by atoms with E-state index in [-0.39, 0.29) is 0 Å². The van der Waals surface area contributed by atoms with Gasteiger partial charge in [0.1, 0.15) is 12.3 Å². The van der Waals surface area contributed by atoms with Crippen LogP contribution in [0.1, 0.15) is 56.1 Å². The third kappa shape index (κ3) is 3.28. The fourth-order valence-corrected chi connectivity index (χ4v) is 2.47. The van der Waals surface area contributed by atoms with Gasteiger partial charge >= 0.3 is 0 Å². The van der Waals surface area contributed by atoms with Crippen molar-refractivity contribution in [3.63, 3.8) is 0 Å². The summed E-state index contributed by atoms with van der Waals surface area (Å²) >= 11 is 0. The molecule has 0 amide bonds. The van der Waals surface area contributed by atoms with Crippen molar-refractivity contribution in [1.82, 2.24) is 9.88 Å². The van der Waals surface area contributed by atoms with Crippen molar-refractivity contribution in [3.05, 3.63) is 17.8 Å². The van der Waals surface area contributed by atoms with Crippen LogP contribution in [0.5, 0.6) is 0 Å². The quantitative estimate of drug-likeness (QED) is 0.670. The Hall–Kier alpha value is -1.52. The minimum absolute atomic E-state index is 0.502. The van der Waals surface area contributed by atoms with Crippen LogP contribution in [0, 0.1) is 0 Å². The van der Waals surface area contributed by atoms with Crippen molar-refractivity contribution in [2.75, 3.05) is 13.1 Å². The lowest BCUT2D eigenvalue weighted by Gasteiger charge is -2.20.